The maximum absolute atomic E-state index is 2.38. The van der Waals surface area contributed by atoms with Crippen LogP contribution in [0.1, 0.15) is 80.1 Å². The van der Waals surface area contributed by atoms with E-state index in [0.29, 0.717) is 0 Å². The van der Waals surface area contributed by atoms with Crippen molar-refractivity contribution in [3.63, 3.8) is 0 Å². The first-order valence-electron chi connectivity index (χ1n) is 7.51. The lowest BCUT2D eigenvalue weighted by atomic mass is 9.77. The molecular weight excluding hydrogens is 192 g/mol. The fourth-order valence-corrected chi connectivity index (χ4v) is 2.93. The van der Waals surface area contributed by atoms with Crippen LogP contribution in [0.5, 0.6) is 0 Å². The van der Waals surface area contributed by atoms with Gasteiger partial charge in [-0.2, -0.15) is 0 Å². The molecule has 0 rings (SSSR count). The maximum Gasteiger partial charge on any atom is -0.0381 e. The largest absolute Gasteiger partial charge is 0.0654 e. The lowest BCUT2D eigenvalue weighted by Gasteiger charge is -2.29. The predicted octanol–water partition coefficient (Wildman–Crippen LogP) is 5.91. The lowest BCUT2D eigenvalue weighted by Crippen LogP contribution is -2.18. The molecule has 0 saturated carbocycles. The molecule has 0 aliphatic heterocycles. The summed E-state index contributed by atoms with van der Waals surface area (Å²) in [6, 6.07) is 0. The zero-order chi connectivity index (χ0) is 12.6. The molecule has 0 heteroatoms. The Morgan fingerprint density at radius 2 is 1.25 bits per heavy atom. The van der Waals surface area contributed by atoms with Crippen molar-refractivity contribution in [2.45, 2.75) is 80.1 Å². The van der Waals surface area contributed by atoms with Crippen LogP contribution in [0.3, 0.4) is 0 Å². The Morgan fingerprint density at radius 3 is 1.56 bits per heavy atom. The van der Waals surface area contributed by atoms with E-state index < -0.39 is 0 Å². The fourth-order valence-electron chi connectivity index (χ4n) is 2.93. The first-order valence-corrected chi connectivity index (χ1v) is 7.51. The number of rotatable bonds is 9. The summed E-state index contributed by atoms with van der Waals surface area (Å²) in [5, 5.41) is 0. The standard InChI is InChI=1S/C16H34/c1-7-9-10-15(8-2)16(11-13(3)4)12-14(5)6/h13-16H,7-12H2,1-6H3. The van der Waals surface area contributed by atoms with Gasteiger partial charge in [0.05, 0.1) is 0 Å². The van der Waals surface area contributed by atoms with Crippen LogP contribution in [0, 0.1) is 23.7 Å². The van der Waals surface area contributed by atoms with Gasteiger partial charge in [0.25, 0.3) is 0 Å². The molecule has 0 aliphatic carbocycles. The van der Waals surface area contributed by atoms with Crippen molar-refractivity contribution >= 4 is 0 Å². The molecule has 0 aliphatic rings. The molecule has 0 saturated heterocycles. The summed E-state index contributed by atoms with van der Waals surface area (Å²) in [6.07, 6.45) is 8.47. The average molecular weight is 226 g/mol. The molecule has 0 fully saturated rings. The van der Waals surface area contributed by atoms with E-state index in [9.17, 15) is 0 Å². The fraction of sp³-hybridized carbons (Fsp3) is 1.00. The van der Waals surface area contributed by atoms with Crippen LogP contribution in [0.2, 0.25) is 0 Å². The Labute approximate surface area is 104 Å². The molecular formula is C16H34. The molecule has 0 heterocycles. The number of hydrogen-bond acceptors (Lipinski definition) is 0. The van der Waals surface area contributed by atoms with Crippen LogP contribution >= 0.6 is 0 Å². The normalized spacial score (nSPS) is 14.1. The SMILES string of the molecule is CCCCC(CC)C(CC(C)C)CC(C)C. The third-order valence-corrected chi connectivity index (χ3v) is 3.67. The van der Waals surface area contributed by atoms with Gasteiger partial charge >= 0.3 is 0 Å². The van der Waals surface area contributed by atoms with Gasteiger partial charge in [0.2, 0.25) is 0 Å². The second-order valence-electron chi connectivity index (χ2n) is 6.33. The van der Waals surface area contributed by atoms with E-state index in [1.165, 1.54) is 38.5 Å². The van der Waals surface area contributed by atoms with Gasteiger partial charge in [0, 0.05) is 0 Å². The molecule has 0 spiro atoms. The first-order chi connectivity index (χ1) is 7.51. The molecule has 0 radical (unpaired) electrons. The van der Waals surface area contributed by atoms with Crippen molar-refractivity contribution in [2.24, 2.45) is 23.7 Å². The van der Waals surface area contributed by atoms with Crippen molar-refractivity contribution < 1.29 is 0 Å². The topological polar surface area (TPSA) is 0 Å². The van der Waals surface area contributed by atoms with Gasteiger partial charge in [-0.1, -0.05) is 67.2 Å². The third kappa shape index (κ3) is 7.30. The van der Waals surface area contributed by atoms with E-state index >= 15 is 0 Å². The van der Waals surface area contributed by atoms with Gasteiger partial charge in [-0.15, -0.1) is 0 Å². The Balaban J connectivity index is 4.29. The maximum atomic E-state index is 2.38. The summed E-state index contributed by atoms with van der Waals surface area (Å²) in [4.78, 5) is 0. The highest BCUT2D eigenvalue weighted by atomic mass is 14.3. The van der Waals surface area contributed by atoms with Crippen molar-refractivity contribution in [2.75, 3.05) is 0 Å². The van der Waals surface area contributed by atoms with Crippen LogP contribution in [0.4, 0.5) is 0 Å². The molecule has 0 nitrogen and oxygen atoms in total. The molecule has 0 amide bonds. The summed E-state index contributed by atoms with van der Waals surface area (Å²) >= 11 is 0. The average Bonchev–Trinajstić information content (AvgIpc) is 2.16. The van der Waals surface area contributed by atoms with Crippen molar-refractivity contribution in [1.29, 1.82) is 0 Å². The van der Waals surface area contributed by atoms with E-state index in [1.807, 2.05) is 0 Å². The van der Waals surface area contributed by atoms with Gasteiger partial charge in [-0.25, -0.2) is 0 Å². The minimum absolute atomic E-state index is 0.861. The highest BCUT2D eigenvalue weighted by Gasteiger charge is 2.21. The third-order valence-electron chi connectivity index (χ3n) is 3.67. The van der Waals surface area contributed by atoms with Crippen molar-refractivity contribution in [1.82, 2.24) is 0 Å². The Hall–Kier alpha value is 0. The molecule has 1 atom stereocenters. The molecule has 98 valence electrons. The van der Waals surface area contributed by atoms with Gasteiger partial charge in [-0.05, 0) is 36.5 Å². The van der Waals surface area contributed by atoms with Gasteiger partial charge in [0.15, 0.2) is 0 Å². The molecule has 0 bridgehead atoms. The second kappa shape index (κ2) is 9.07. The molecule has 16 heavy (non-hydrogen) atoms. The minimum atomic E-state index is 0.861. The summed E-state index contributed by atoms with van der Waals surface area (Å²) in [7, 11) is 0. The second-order valence-corrected chi connectivity index (χ2v) is 6.33. The minimum Gasteiger partial charge on any atom is -0.0654 e. The summed E-state index contributed by atoms with van der Waals surface area (Å²) in [5.74, 6) is 3.67. The summed E-state index contributed by atoms with van der Waals surface area (Å²) in [6.45, 7) is 14.2. The highest BCUT2D eigenvalue weighted by molar-refractivity contribution is 4.72. The Morgan fingerprint density at radius 1 is 0.750 bits per heavy atom. The smallest absolute Gasteiger partial charge is 0.0381 e. The van der Waals surface area contributed by atoms with Crippen LogP contribution in [-0.4, -0.2) is 0 Å². The highest BCUT2D eigenvalue weighted by Crippen LogP contribution is 2.32. The van der Waals surface area contributed by atoms with Crippen LogP contribution < -0.4 is 0 Å². The molecule has 0 aromatic carbocycles. The number of unbranched alkanes of at least 4 members (excludes halogenated alkanes) is 1. The zero-order valence-corrected chi connectivity index (χ0v) is 12.6. The van der Waals surface area contributed by atoms with Crippen LogP contribution in [-0.2, 0) is 0 Å². The molecule has 0 aromatic heterocycles. The van der Waals surface area contributed by atoms with Crippen molar-refractivity contribution in [3.05, 3.63) is 0 Å². The van der Waals surface area contributed by atoms with E-state index in [2.05, 4.69) is 41.5 Å². The van der Waals surface area contributed by atoms with Crippen LogP contribution in [0.25, 0.3) is 0 Å². The Kier molecular flexibility index (Phi) is 9.07. The summed E-state index contributed by atoms with van der Waals surface area (Å²) < 4.78 is 0. The van der Waals surface area contributed by atoms with Gasteiger partial charge < -0.3 is 0 Å². The van der Waals surface area contributed by atoms with E-state index in [0.717, 1.165) is 23.7 Å². The molecule has 0 N–H and O–H groups in total. The molecule has 1 unspecified atom stereocenters. The first kappa shape index (κ1) is 16.0. The van der Waals surface area contributed by atoms with E-state index in [4.69, 9.17) is 0 Å². The lowest BCUT2D eigenvalue weighted by molar-refractivity contribution is 0.219. The van der Waals surface area contributed by atoms with Gasteiger partial charge in [0.1, 0.15) is 0 Å². The van der Waals surface area contributed by atoms with E-state index in [1.54, 1.807) is 0 Å². The zero-order valence-electron chi connectivity index (χ0n) is 12.6. The van der Waals surface area contributed by atoms with Crippen molar-refractivity contribution in [3.8, 4) is 0 Å². The monoisotopic (exact) mass is 226 g/mol. The molecule has 0 aromatic rings. The van der Waals surface area contributed by atoms with E-state index in [-0.39, 0.29) is 0 Å². The predicted molar refractivity (Wildman–Crippen MR) is 75.7 cm³/mol. The Bertz CT molecular complexity index is 136. The van der Waals surface area contributed by atoms with Crippen LogP contribution in [0.15, 0.2) is 0 Å². The van der Waals surface area contributed by atoms with Gasteiger partial charge in [-0.3, -0.25) is 0 Å². The summed E-state index contributed by atoms with van der Waals surface area (Å²) in [5.41, 5.74) is 0. The number of hydrogen-bond donors (Lipinski definition) is 0. The quantitative estimate of drug-likeness (QED) is 0.458.